The molecule has 0 radical (unpaired) electrons. The topological polar surface area (TPSA) is 30.9 Å². The van der Waals surface area contributed by atoms with Gasteiger partial charge in [-0.2, -0.15) is 11.8 Å². The number of likely N-dealkylation sites (tertiary alicyclic amines) is 1. The summed E-state index contributed by atoms with van der Waals surface area (Å²) in [7, 11) is 4.21. The zero-order chi connectivity index (χ0) is 18.5. The second kappa shape index (κ2) is 11.3. The Morgan fingerprint density at radius 3 is 2.85 bits per heavy atom. The summed E-state index contributed by atoms with van der Waals surface area (Å²) >= 11 is 4.01. The quantitative estimate of drug-likeness (QED) is 0.361. The van der Waals surface area contributed by atoms with Crippen molar-refractivity contribution >= 4 is 53.0 Å². The number of aliphatic imine (C=N–C) groups is 1. The lowest BCUT2D eigenvalue weighted by Crippen LogP contribution is -2.51. The minimum atomic E-state index is 0. The molecule has 0 aromatic carbocycles. The van der Waals surface area contributed by atoms with Gasteiger partial charge in [0.15, 0.2) is 5.96 Å². The Bertz CT molecular complexity index is 579. The lowest BCUT2D eigenvalue weighted by molar-refractivity contribution is 0.124. The number of thioether (sulfide) groups is 1. The molecule has 2 fully saturated rings. The van der Waals surface area contributed by atoms with Gasteiger partial charge < -0.3 is 10.2 Å². The summed E-state index contributed by atoms with van der Waals surface area (Å²) in [5.41, 5.74) is 0. The van der Waals surface area contributed by atoms with Gasteiger partial charge in [0.2, 0.25) is 0 Å². The molecule has 0 aliphatic carbocycles. The fourth-order valence-corrected chi connectivity index (χ4v) is 6.49. The first kappa shape index (κ1) is 23.3. The first-order valence-electron chi connectivity index (χ1n) is 9.91. The lowest BCUT2D eigenvalue weighted by atomic mass is 9.88. The molecule has 1 aromatic rings. The molecule has 4 nitrogen and oxygen atoms in total. The highest BCUT2D eigenvalue weighted by Gasteiger charge is 2.32. The summed E-state index contributed by atoms with van der Waals surface area (Å²) < 4.78 is 0. The van der Waals surface area contributed by atoms with E-state index in [4.69, 9.17) is 0 Å². The van der Waals surface area contributed by atoms with Crippen molar-refractivity contribution in [3.8, 4) is 0 Å². The lowest BCUT2D eigenvalue weighted by Gasteiger charge is -2.40. The van der Waals surface area contributed by atoms with Gasteiger partial charge >= 0.3 is 0 Å². The Morgan fingerprint density at radius 2 is 2.19 bits per heavy atom. The third-order valence-electron chi connectivity index (χ3n) is 5.71. The molecule has 2 aliphatic heterocycles. The maximum Gasteiger partial charge on any atom is 0.193 e. The number of hydrogen-bond acceptors (Lipinski definition) is 4. The molecule has 154 valence electrons. The van der Waals surface area contributed by atoms with Crippen molar-refractivity contribution in [1.82, 2.24) is 15.1 Å². The van der Waals surface area contributed by atoms with E-state index in [0.29, 0.717) is 17.2 Å². The summed E-state index contributed by atoms with van der Waals surface area (Å²) in [6, 6.07) is 5.02. The number of rotatable bonds is 4. The number of halogens is 1. The van der Waals surface area contributed by atoms with E-state index >= 15 is 0 Å². The average Bonchev–Trinajstić information content (AvgIpc) is 3.16. The van der Waals surface area contributed by atoms with Crippen LogP contribution in [0.25, 0.3) is 0 Å². The van der Waals surface area contributed by atoms with E-state index in [1.807, 2.05) is 18.4 Å². The molecule has 3 unspecified atom stereocenters. The monoisotopic (exact) mass is 522 g/mol. The summed E-state index contributed by atoms with van der Waals surface area (Å²) in [5, 5.41) is 6.64. The highest BCUT2D eigenvalue weighted by Crippen LogP contribution is 2.36. The smallest absolute Gasteiger partial charge is 0.193 e. The van der Waals surface area contributed by atoms with Crippen molar-refractivity contribution in [1.29, 1.82) is 0 Å². The largest absolute Gasteiger partial charge is 0.356 e. The summed E-state index contributed by atoms with van der Waals surface area (Å²) in [6.45, 7) is 9.10. The van der Waals surface area contributed by atoms with E-state index in [1.165, 1.54) is 30.0 Å². The number of nitrogens with zero attached hydrogens (tertiary/aromatic N) is 3. The highest BCUT2D eigenvalue weighted by molar-refractivity contribution is 14.0. The van der Waals surface area contributed by atoms with Crippen molar-refractivity contribution in [2.24, 2.45) is 16.8 Å². The summed E-state index contributed by atoms with van der Waals surface area (Å²) in [6.07, 6.45) is 2.58. The molecular weight excluding hydrogens is 487 g/mol. The van der Waals surface area contributed by atoms with Crippen LogP contribution in [0.5, 0.6) is 0 Å². The Morgan fingerprint density at radius 1 is 1.37 bits per heavy atom. The maximum absolute atomic E-state index is 4.61. The van der Waals surface area contributed by atoms with Crippen LogP contribution in [0.15, 0.2) is 22.5 Å². The maximum atomic E-state index is 4.61. The van der Waals surface area contributed by atoms with Gasteiger partial charge in [-0.15, -0.1) is 35.3 Å². The van der Waals surface area contributed by atoms with Gasteiger partial charge in [0.05, 0.1) is 0 Å². The molecule has 1 aromatic heterocycles. The second-order valence-electron chi connectivity index (χ2n) is 7.87. The van der Waals surface area contributed by atoms with Gasteiger partial charge in [0.1, 0.15) is 0 Å². The average molecular weight is 523 g/mol. The Balaban J connectivity index is 0.00000261. The zero-order valence-electron chi connectivity index (χ0n) is 17.1. The first-order valence-corrected chi connectivity index (χ1v) is 11.8. The van der Waals surface area contributed by atoms with Crippen molar-refractivity contribution < 1.29 is 0 Å². The molecule has 0 spiro atoms. The third-order valence-corrected chi connectivity index (χ3v) is 8.20. The summed E-state index contributed by atoms with van der Waals surface area (Å²) in [5.74, 6) is 3.66. The van der Waals surface area contributed by atoms with Crippen molar-refractivity contribution in [2.45, 2.75) is 38.0 Å². The molecule has 0 amide bonds. The Hall–Kier alpha value is 0.01000. The van der Waals surface area contributed by atoms with Gasteiger partial charge in [-0.3, -0.25) is 9.89 Å². The number of hydrogen-bond donors (Lipinski definition) is 1. The van der Waals surface area contributed by atoms with E-state index in [0.717, 1.165) is 31.5 Å². The normalized spacial score (nSPS) is 27.5. The van der Waals surface area contributed by atoms with Crippen LogP contribution >= 0.6 is 47.1 Å². The standard InChI is InChI=1S/C20H34N4S2.HI/c1-15(2)18-14-24(10-12-26-18)20(21-3)22-13-16-7-5-9-23(4)19(16)17-8-6-11-25-17;/h6,8,11,15-16,18-19H,5,7,9-10,12-14H2,1-4H3,(H,21,22);1H. The van der Waals surface area contributed by atoms with Gasteiger partial charge in [0, 0.05) is 48.6 Å². The number of piperidine rings is 1. The van der Waals surface area contributed by atoms with Gasteiger partial charge in [-0.25, -0.2) is 0 Å². The molecule has 3 rings (SSSR count). The summed E-state index contributed by atoms with van der Waals surface area (Å²) in [4.78, 5) is 11.1. The first-order chi connectivity index (χ1) is 12.6. The molecule has 7 heteroatoms. The van der Waals surface area contributed by atoms with Crippen LogP contribution in [-0.4, -0.2) is 67.0 Å². The number of nitrogens with one attached hydrogen (secondary N) is 1. The van der Waals surface area contributed by atoms with Crippen molar-refractivity contribution in [3.63, 3.8) is 0 Å². The molecular formula is C20H35IN4S2. The van der Waals surface area contributed by atoms with Gasteiger partial charge in [-0.05, 0) is 49.7 Å². The fourth-order valence-electron chi connectivity index (χ4n) is 4.21. The van der Waals surface area contributed by atoms with Crippen LogP contribution in [0.2, 0.25) is 0 Å². The van der Waals surface area contributed by atoms with E-state index in [9.17, 15) is 0 Å². The molecule has 3 atom stereocenters. The van der Waals surface area contributed by atoms with Crippen LogP contribution < -0.4 is 5.32 Å². The third kappa shape index (κ3) is 6.00. The van der Waals surface area contributed by atoms with Crippen molar-refractivity contribution in [2.75, 3.05) is 46.0 Å². The Kier molecular flexibility index (Phi) is 9.71. The van der Waals surface area contributed by atoms with Crippen LogP contribution in [0.4, 0.5) is 0 Å². The van der Waals surface area contributed by atoms with E-state index in [-0.39, 0.29) is 24.0 Å². The number of thiophene rings is 1. The molecule has 2 aliphatic rings. The minimum Gasteiger partial charge on any atom is -0.356 e. The van der Waals surface area contributed by atoms with Gasteiger partial charge in [-0.1, -0.05) is 19.9 Å². The minimum absolute atomic E-state index is 0. The van der Waals surface area contributed by atoms with Gasteiger partial charge in [0.25, 0.3) is 0 Å². The van der Waals surface area contributed by atoms with Crippen LogP contribution in [0, 0.1) is 11.8 Å². The second-order valence-corrected chi connectivity index (χ2v) is 10.2. The van der Waals surface area contributed by atoms with Crippen LogP contribution in [-0.2, 0) is 0 Å². The predicted octanol–water partition coefficient (Wildman–Crippen LogP) is 4.40. The zero-order valence-corrected chi connectivity index (χ0v) is 21.0. The number of guanidine groups is 1. The van der Waals surface area contributed by atoms with E-state index in [1.54, 1.807) is 0 Å². The van der Waals surface area contributed by atoms with Crippen LogP contribution in [0.1, 0.15) is 37.6 Å². The molecule has 0 bridgehead atoms. The van der Waals surface area contributed by atoms with E-state index < -0.39 is 0 Å². The Labute approximate surface area is 190 Å². The van der Waals surface area contributed by atoms with Crippen molar-refractivity contribution in [3.05, 3.63) is 22.4 Å². The predicted molar refractivity (Wildman–Crippen MR) is 132 cm³/mol. The molecule has 3 heterocycles. The van der Waals surface area contributed by atoms with E-state index in [2.05, 4.69) is 70.3 Å². The molecule has 27 heavy (non-hydrogen) atoms. The molecule has 2 saturated heterocycles. The SMILES string of the molecule is CN=C(NCC1CCCN(C)C1c1cccs1)N1CCSC(C(C)C)C1.I. The fraction of sp³-hybridized carbons (Fsp3) is 0.750. The molecule has 0 saturated carbocycles. The van der Waals surface area contributed by atoms with Crippen LogP contribution in [0.3, 0.4) is 0 Å². The molecule has 1 N–H and O–H groups in total. The highest BCUT2D eigenvalue weighted by atomic mass is 127.